The lowest BCUT2D eigenvalue weighted by atomic mass is 9.32. The van der Waals surface area contributed by atoms with Crippen molar-refractivity contribution >= 4 is 5.78 Å². The molecule has 0 heterocycles. The van der Waals surface area contributed by atoms with Crippen LogP contribution in [0.4, 0.5) is 0 Å². The first-order chi connectivity index (χ1) is 15.8. The lowest BCUT2D eigenvalue weighted by Crippen LogP contribution is -2.67. The number of allylic oxidation sites excluding steroid dienone is 1. The van der Waals surface area contributed by atoms with Crippen LogP contribution in [0.2, 0.25) is 0 Å². The molecule has 0 spiro atoms. The highest BCUT2D eigenvalue weighted by Crippen LogP contribution is 2.77. The Morgan fingerprint density at radius 1 is 0.853 bits per heavy atom. The van der Waals surface area contributed by atoms with Gasteiger partial charge in [0.05, 0.1) is 12.7 Å². The first-order valence-electron chi connectivity index (χ1n) is 14.3. The summed E-state index contributed by atoms with van der Waals surface area (Å²) in [6.45, 7) is 18.5. The van der Waals surface area contributed by atoms with Crippen LogP contribution < -0.4 is 0 Å². The highest BCUT2D eigenvalue weighted by atomic mass is 16.3. The maximum Gasteiger partial charge on any atom is 0.136 e. The normalized spacial score (nSPS) is 56.6. The van der Waals surface area contributed by atoms with Gasteiger partial charge in [-0.2, -0.15) is 0 Å². The van der Waals surface area contributed by atoms with Gasteiger partial charge < -0.3 is 10.2 Å². The van der Waals surface area contributed by atoms with Crippen LogP contribution in [-0.2, 0) is 4.79 Å². The topological polar surface area (TPSA) is 57.5 Å². The molecule has 34 heavy (non-hydrogen) atoms. The van der Waals surface area contributed by atoms with Crippen LogP contribution in [0.15, 0.2) is 12.2 Å². The molecule has 0 amide bonds. The van der Waals surface area contributed by atoms with Gasteiger partial charge in [0.2, 0.25) is 0 Å². The molecule has 0 aromatic heterocycles. The van der Waals surface area contributed by atoms with Crippen LogP contribution in [0.5, 0.6) is 0 Å². The monoisotopic (exact) mass is 470 g/mol. The van der Waals surface area contributed by atoms with Gasteiger partial charge in [-0.15, -0.1) is 0 Å². The SMILES string of the molecule is C=C(C)C1CC[C@]2(C(C)=O)CC[C@]3(C)C(CCC4[C@@]5(C)CC[C@H](O)[C@@](C)(CO)C5CC[C@]43C)C12. The van der Waals surface area contributed by atoms with E-state index in [2.05, 4.69) is 41.2 Å². The van der Waals surface area contributed by atoms with Gasteiger partial charge in [0, 0.05) is 10.8 Å². The van der Waals surface area contributed by atoms with Crippen LogP contribution in [0, 0.1) is 56.7 Å². The first kappa shape index (κ1) is 25.0. The van der Waals surface area contributed by atoms with Crippen molar-refractivity contribution < 1.29 is 15.0 Å². The third kappa shape index (κ3) is 2.81. The highest BCUT2D eigenvalue weighted by molar-refractivity contribution is 5.83. The summed E-state index contributed by atoms with van der Waals surface area (Å²) in [6.07, 6.45) is 10.7. The number of ketones is 1. The first-order valence-corrected chi connectivity index (χ1v) is 14.3. The molecule has 3 nitrogen and oxygen atoms in total. The number of fused-ring (bicyclic) bond motifs is 7. The minimum absolute atomic E-state index is 0.0846. The second-order valence-electron chi connectivity index (χ2n) is 14.6. The summed E-state index contributed by atoms with van der Waals surface area (Å²) in [5.41, 5.74) is 1.42. The van der Waals surface area contributed by atoms with E-state index in [1.165, 1.54) is 31.3 Å². The number of hydrogen-bond acceptors (Lipinski definition) is 3. The van der Waals surface area contributed by atoms with Gasteiger partial charge in [-0.25, -0.2) is 0 Å². The lowest BCUT2D eigenvalue weighted by molar-refractivity contribution is -0.252. The molecule has 0 aromatic rings. The highest BCUT2D eigenvalue weighted by Gasteiger charge is 2.71. The van der Waals surface area contributed by atoms with E-state index in [1.54, 1.807) is 0 Å². The minimum Gasteiger partial charge on any atom is -0.396 e. The van der Waals surface area contributed by atoms with Crippen LogP contribution in [0.1, 0.15) is 106 Å². The summed E-state index contributed by atoms with van der Waals surface area (Å²) in [5, 5.41) is 21.4. The molecule has 0 radical (unpaired) electrons. The van der Waals surface area contributed by atoms with Crippen molar-refractivity contribution in [2.75, 3.05) is 6.61 Å². The average molecular weight is 471 g/mol. The van der Waals surface area contributed by atoms with Gasteiger partial charge in [0.25, 0.3) is 0 Å². The molecule has 0 bridgehead atoms. The van der Waals surface area contributed by atoms with Crippen molar-refractivity contribution in [1.82, 2.24) is 0 Å². The molecule has 0 aliphatic heterocycles. The molecular formula is C31H50O3. The Morgan fingerprint density at radius 3 is 2.18 bits per heavy atom. The van der Waals surface area contributed by atoms with Gasteiger partial charge in [-0.1, -0.05) is 39.8 Å². The van der Waals surface area contributed by atoms with Gasteiger partial charge in [0.1, 0.15) is 5.78 Å². The van der Waals surface area contributed by atoms with E-state index >= 15 is 0 Å². The van der Waals surface area contributed by atoms with Gasteiger partial charge in [0.15, 0.2) is 0 Å². The smallest absolute Gasteiger partial charge is 0.136 e. The second-order valence-corrected chi connectivity index (χ2v) is 14.6. The summed E-state index contributed by atoms with van der Waals surface area (Å²) in [4.78, 5) is 13.2. The Morgan fingerprint density at radius 2 is 1.56 bits per heavy atom. The zero-order valence-electron chi connectivity index (χ0n) is 22.8. The molecule has 0 saturated heterocycles. The summed E-state index contributed by atoms with van der Waals surface area (Å²) in [6, 6.07) is 0. The molecule has 3 heteroatoms. The fourth-order valence-electron chi connectivity index (χ4n) is 11.8. The summed E-state index contributed by atoms with van der Waals surface area (Å²) in [5.74, 6) is 2.97. The third-order valence-corrected chi connectivity index (χ3v) is 13.9. The number of rotatable bonds is 3. The molecule has 5 rings (SSSR count). The molecule has 5 unspecified atom stereocenters. The van der Waals surface area contributed by atoms with Crippen molar-refractivity contribution in [3.63, 3.8) is 0 Å². The van der Waals surface area contributed by atoms with Crippen molar-refractivity contribution in [3.8, 4) is 0 Å². The van der Waals surface area contributed by atoms with E-state index in [4.69, 9.17) is 0 Å². The third-order valence-electron chi connectivity index (χ3n) is 13.9. The molecule has 5 saturated carbocycles. The molecule has 192 valence electrons. The van der Waals surface area contributed by atoms with Crippen molar-refractivity contribution in [2.24, 2.45) is 56.7 Å². The zero-order valence-corrected chi connectivity index (χ0v) is 22.8. The van der Waals surface area contributed by atoms with E-state index in [-0.39, 0.29) is 33.7 Å². The van der Waals surface area contributed by atoms with E-state index < -0.39 is 6.10 Å². The number of Topliss-reactive ketones (excluding diaryl/α,β-unsaturated/α-hetero) is 1. The number of hydrogen-bond donors (Lipinski definition) is 2. The van der Waals surface area contributed by atoms with E-state index in [1.807, 2.05) is 6.92 Å². The fourth-order valence-corrected chi connectivity index (χ4v) is 11.8. The summed E-state index contributed by atoms with van der Waals surface area (Å²) >= 11 is 0. The van der Waals surface area contributed by atoms with Gasteiger partial charge in [-0.3, -0.25) is 4.79 Å². The molecule has 0 aromatic carbocycles. The quantitative estimate of drug-likeness (QED) is 0.459. The lowest BCUT2D eigenvalue weighted by Gasteiger charge is -2.73. The largest absolute Gasteiger partial charge is 0.396 e. The summed E-state index contributed by atoms with van der Waals surface area (Å²) in [7, 11) is 0. The fraction of sp³-hybridized carbons (Fsp3) is 0.903. The Hall–Kier alpha value is -0.670. The Bertz CT molecular complexity index is 880. The number of aliphatic hydroxyl groups excluding tert-OH is 2. The molecular weight excluding hydrogens is 420 g/mol. The summed E-state index contributed by atoms with van der Waals surface area (Å²) < 4.78 is 0. The maximum absolute atomic E-state index is 13.2. The van der Waals surface area contributed by atoms with Gasteiger partial charge in [-0.05, 0) is 124 Å². The predicted molar refractivity (Wildman–Crippen MR) is 137 cm³/mol. The zero-order chi connectivity index (χ0) is 24.9. The van der Waals surface area contributed by atoms with E-state index in [0.29, 0.717) is 35.4 Å². The van der Waals surface area contributed by atoms with Crippen molar-refractivity contribution in [2.45, 2.75) is 112 Å². The van der Waals surface area contributed by atoms with E-state index in [9.17, 15) is 15.0 Å². The average Bonchev–Trinajstić information content (AvgIpc) is 3.18. The molecule has 2 N–H and O–H groups in total. The number of carbonyl (C=O) groups excluding carboxylic acids is 1. The Balaban J connectivity index is 1.56. The Labute approximate surface area is 208 Å². The van der Waals surface area contributed by atoms with E-state index in [0.717, 1.165) is 38.5 Å². The van der Waals surface area contributed by atoms with Crippen LogP contribution in [-0.4, -0.2) is 28.7 Å². The number of carbonyl (C=O) groups is 1. The predicted octanol–water partition coefficient (Wildman–Crippen LogP) is 6.57. The minimum atomic E-state index is -0.396. The second kappa shape index (κ2) is 7.67. The van der Waals surface area contributed by atoms with Crippen LogP contribution in [0.3, 0.4) is 0 Å². The molecule has 5 aliphatic carbocycles. The standard InChI is InChI=1S/C31H50O3/c1-19(2)21-10-15-31(20(3)33)17-16-29(6)22(26(21)31)8-9-24-27(4)13-12-25(34)28(5,18-32)23(27)11-14-30(24,29)7/h21-26,32,34H,1,8-18H2,2-7H3/t21?,22?,23?,24?,25-,26?,27-,28-,29+,30+,31+/m0/s1. The molecule has 5 aliphatic rings. The molecule has 5 fully saturated rings. The van der Waals surface area contributed by atoms with Crippen molar-refractivity contribution in [1.29, 1.82) is 0 Å². The van der Waals surface area contributed by atoms with Gasteiger partial charge >= 0.3 is 0 Å². The maximum atomic E-state index is 13.2. The Kier molecular flexibility index (Phi) is 5.64. The molecule has 11 atom stereocenters. The number of aliphatic hydroxyl groups is 2. The van der Waals surface area contributed by atoms with Crippen LogP contribution >= 0.6 is 0 Å². The van der Waals surface area contributed by atoms with Crippen LogP contribution in [0.25, 0.3) is 0 Å². The van der Waals surface area contributed by atoms with Crippen molar-refractivity contribution in [3.05, 3.63) is 12.2 Å².